The van der Waals surface area contributed by atoms with Crippen LogP contribution in [0.15, 0.2) is 48.7 Å². The summed E-state index contributed by atoms with van der Waals surface area (Å²) in [6.07, 6.45) is 1.88. The first kappa shape index (κ1) is 14.3. The van der Waals surface area contributed by atoms with Gasteiger partial charge in [0.15, 0.2) is 0 Å². The lowest BCUT2D eigenvalue weighted by atomic mass is 9.73. The van der Waals surface area contributed by atoms with Gasteiger partial charge in [0.1, 0.15) is 0 Å². The minimum absolute atomic E-state index is 0.118. The molecule has 0 unspecified atom stereocenters. The molecule has 2 aromatic heterocycles. The Hall–Kier alpha value is -1.67. The number of benzene rings is 1. The first-order valence-corrected chi connectivity index (χ1v) is 8.27. The third-order valence-electron chi connectivity index (χ3n) is 4.58. The van der Waals surface area contributed by atoms with Gasteiger partial charge in [0.05, 0.1) is 10.6 Å². The second-order valence-corrected chi connectivity index (χ2v) is 7.45. The van der Waals surface area contributed by atoms with Crippen LogP contribution in [0, 0.1) is 5.92 Å². The van der Waals surface area contributed by atoms with Gasteiger partial charge in [-0.25, -0.2) is 0 Å². The molecule has 2 heterocycles. The summed E-state index contributed by atoms with van der Waals surface area (Å²) < 4.78 is 1.35. The molecule has 0 aliphatic heterocycles. The minimum Gasteiger partial charge on any atom is -0.255 e. The van der Waals surface area contributed by atoms with Gasteiger partial charge in [-0.2, -0.15) is 0 Å². The first-order chi connectivity index (χ1) is 10.0. The van der Waals surface area contributed by atoms with Crippen LogP contribution in [0.1, 0.15) is 33.3 Å². The molecule has 0 saturated heterocycles. The fourth-order valence-corrected chi connectivity index (χ4v) is 4.00. The molecule has 0 atom stereocenters. The van der Waals surface area contributed by atoms with Crippen molar-refractivity contribution in [1.82, 2.24) is 4.98 Å². The molecule has 108 valence electrons. The summed E-state index contributed by atoms with van der Waals surface area (Å²) in [6.45, 7) is 9.29. The number of fused-ring (bicyclic) bond motifs is 1. The molecule has 0 aliphatic carbocycles. The number of pyridine rings is 1. The maximum Gasteiger partial charge on any atom is 0.0805 e. The van der Waals surface area contributed by atoms with Crippen molar-refractivity contribution < 1.29 is 0 Å². The van der Waals surface area contributed by atoms with E-state index in [0.717, 1.165) is 5.69 Å². The Balaban J connectivity index is 2.35. The topological polar surface area (TPSA) is 12.9 Å². The van der Waals surface area contributed by atoms with Crippen molar-refractivity contribution in [1.29, 1.82) is 0 Å². The van der Waals surface area contributed by atoms with Crippen LogP contribution in [0.5, 0.6) is 0 Å². The Morgan fingerprint density at radius 1 is 1.00 bits per heavy atom. The zero-order chi connectivity index (χ0) is 15.0. The van der Waals surface area contributed by atoms with E-state index < -0.39 is 0 Å². The van der Waals surface area contributed by atoms with E-state index >= 15 is 0 Å². The maximum absolute atomic E-state index is 4.59. The van der Waals surface area contributed by atoms with Crippen LogP contribution in [0.4, 0.5) is 0 Å². The number of hydrogen-bond acceptors (Lipinski definition) is 2. The zero-order valence-corrected chi connectivity index (χ0v) is 13.9. The predicted molar refractivity (Wildman–Crippen MR) is 92.9 cm³/mol. The van der Waals surface area contributed by atoms with Gasteiger partial charge in [-0.3, -0.25) is 4.98 Å². The summed E-state index contributed by atoms with van der Waals surface area (Å²) in [5.41, 5.74) is 2.64. The van der Waals surface area contributed by atoms with Crippen molar-refractivity contribution in [3.05, 3.63) is 54.2 Å². The molecule has 3 rings (SSSR count). The van der Waals surface area contributed by atoms with E-state index in [9.17, 15) is 0 Å². The molecule has 0 spiro atoms. The fraction of sp³-hybridized carbons (Fsp3) is 0.316. The Labute approximate surface area is 130 Å². The van der Waals surface area contributed by atoms with E-state index in [-0.39, 0.29) is 5.41 Å². The van der Waals surface area contributed by atoms with E-state index in [1.807, 2.05) is 23.6 Å². The molecule has 21 heavy (non-hydrogen) atoms. The number of rotatable bonds is 3. The first-order valence-electron chi connectivity index (χ1n) is 7.45. The molecule has 0 fully saturated rings. The van der Waals surface area contributed by atoms with Gasteiger partial charge >= 0.3 is 0 Å². The summed E-state index contributed by atoms with van der Waals surface area (Å²) in [5.74, 6) is 0.568. The van der Waals surface area contributed by atoms with Gasteiger partial charge in [-0.05, 0) is 40.5 Å². The lowest BCUT2D eigenvalue weighted by Crippen LogP contribution is -2.24. The van der Waals surface area contributed by atoms with Gasteiger partial charge in [0.2, 0.25) is 0 Å². The summed E-state index contributed by atoms with van der Waals surface area (Å²) >= 11 is 1.86. The van der Waals surface area contributed by atoms with Gasteiger partial charge < -0.3 is 0 Å². The molecule has 1 aromatic carbocycles. The normalized spacial score (nSPS) is 12.2. The van der Waals surface area contributed by atoms with Crippen molar-refractivity contribution >= 4 is 21.4 Å². The molecule has 1 nitrogen and oxygen atoms in total. The van der Waals surface area contributed by atoms with E-state index in [4.69, 9.17) is 0 Å². The van der Waals surface area contributed by atoms with Gasteiger partial charge in [0, 0.05) is 10.9 Å². The highest BCUT2D eigenvalue weighted by Crippen LogP contribution is 2.46. The van der Waals surface area contributed by atoms with Crippen LogP contribution in [-0.4, -0.2) is 4.98 Å². The Bertz CT molecular complexity index is 754. The SMILES string of the molecule is CC(C)C(C)(C)c1c(-c2ccccn2)sc2ccccc12. The van der Waals surface area contributed by atoms with Crippen LogP contribution in [0.25, 0.3) is 20.7 Å². The number of nitrogens with zero attached hydrogens (tertiary/aromatic N) is 1. The summed E-state index contributed by atoms with van der Waals surface area (Å²) in [6, 6.07) is 14.9. The van der Waals surface area contributed by atoms with Crippen LogP contribution < -0.4 is 0 Å². The third kappa shape index (κ3) is 2.38. The maximum atomic E-state index is 4.59. The smallest absolute Gasteiger partial charge is 0.0805 e. The summed E-state index contributed by atoms with van der Waals surface area (Å²) in [5, 5.41) is 1.38. The second-order valence-electron chi connectivity index (χ2n) is 6.39. The molecular weight excluding hydrogens is 274 g/mol. The summed E-state index contributed by atoms with van der Waals surface area (Å²) in [7, 11) is 0. The van der Waals surface area contributed by atoms with Gasteiger partial charge in [0.25, 0.3) is 0 Å². The van der Waals surface area contributed by atoms with Crippen molar-refractivity contribution in [2.45, 2.75) is 33.1 Å². The van der Waals surface area contributed by atoms with E-state index in [1.54, 1.807) is 0 Å². The second kappa shape index (κ2) is 5.27. The van der Waals surface area contributed by atoms with E-state index in [2.05, 4.69) is 69.1 Å². The fourth-order valence-electron chi connectivity index (χ4n) is 2.65. The quantitative estimate of drug-likeness (QED) is 0.586. The Morgan fingerprint density at radius 2 is 1.71 bits per heavy atom. The van der Waals surface area contributed by atoms with Crippen LogP contribution in [0.3, 0.4) is 0 Å². The molecule has 0 bridgehead atoms. The highest BCUT2D eigenvalue weighted by atomic mass is 32.1. The molecule has 3 aromatic rings. The zero-order valence-electron chi connectivity index (χ0n) is 13.1. The molecule has 2 heteroatoms. The average Bonchev–Trinajstić information content (AvgIpc) is 2.88. The van der Waals surface area contributed by atoms with E-state index in [0.29, 0.717) is 5.92 Å². The van der Waals surface area contributed by atoms with Crippen molar-refractivity contribution in [2.24, 2.45) is 5.92 Å². The van der Waals surface area contributed by atoms with Gasteiger partial charge in [-0.1, -0.05) is 52.0 Å². The Kier molecular flexibility index (Phi) is 3.58. The predicted octanol–water partition coefficient (Wildman–Crippen LogP) is 5.90. The van der Waals surface area contributed by atoms with Crippen molar-refractivity contribution in [3.63, 3.8) is 0 Å². The van der Waals surface area contributed by atoms with Crippen LogP contribution >= 0.6 is 11.3 Å². The minimum atomic E-state index is 0.118. The highest BCUT2D eigenvalue weighted by Gasteiger charge is 2.31. The monoisotopic (exact) mass is 295 g/mol. The molecule has 0 amide bonds. The van der Waals surface area contributed by atoms with Crippen molar-refractivity contribution in [2.75, 3.05) is 0 Å². The number of hydrogen-bond donors (Lipinski definition) is 0. The molecule has 0 aliphatic rings. The average molecular weight is 295 g/mol. The lowest BCUT2D eigenvalue weighted by molar-refractivity contribution is 0.376. The number of thiophene rings is 1. The highest BCUT2D eigenvalue weighted by molar-refractivity contribution is 7.22. The Morgan fingerprint density at radius 3 is 2.38 bits per heavy atom. The standard InChI is InChI=1S/C19H21NS/c1-13(2)19(3,4)17-14-9-5-6-11-16(14)21-18(17)15-10-7-8-12-20-15/h5-13H,1-4H3. The van der Waals surface area contributed by atoms with Crippen molar-refractivity contribution in [3.8, 4) is 10.6 Å². The van der Waals surface area contributed by atoms with Crippen LogP contribution in [-0.2, 0) is 5.41 Å². The number of aromatic nitrogens is 1. The van der Waals surface area contributed by atoms with Crippen LogP contribution in [0.2, 0.25) is 0 Å². The largest absolute Gasteiger partial charge is 0.255 e. The molecular formula is C19H21NS. The molecule has 0 radical (unpaired) electrons. The molecule has 0 saturated carbocycles. The van der Waals surface area contributed by atoms with E-state index in [1.165, 1.54) is 20.5 Å². The molecule has 0 N–H and O–H groups in total. The third-order valence-corrected chi connectivity index (χ3v) is 5.77. The lowest BCUT2D eigenvalue weighted by Gasteiger charge is -2.30. The summed E-state index contributed by atoms with van der Waals surface area (Å²) in [4.78, 5) is 5.90. The van der Waals surface area contributed by atoms with Gasteiger partial charge in [-0.15, -0.1) is 11.3 Å².